The van der Waals surface area contributed by atoms with E-state index < -0.39 is 0 Å². The molecule has 7 heteroatoms. The van der Waals surface area contributed by atoms with E-state index in [2.05, 4.69) is 31.1 Å². The summed E-state index contributed by atoms with van der Waals surface area (Å²) in [7, 11) is 0. The number of hydrogen-bond donors (Lipinski definition) is 1. The largest absolute Gasteiger partial charge is 0.486 e. The molecule has 0 saturated carbocycles. The number of benzene rings is 1. The second-order valence-corrected chi connectivity index (χ2v) is 7.58. The summed E-state index contributed by atoms with van der Waals surface area (Å²) >= 11 is 0. The zero-order chi connectivity index (χ0) is 19.4. The van der Waals surface area contributed by atoms with Crippen LogP contribution < -0.4 is 14.8 Å². The van der Waals surface area contributed by atoms with E-state index in [0.717, 1.165) is 5.76 Å². The highest BCUT2D eigenvalue weighted by molar-refractivity contribution is 5.92. The lowest BCUT2D eigenvalue weighted by molar-refractivity contribution is -0.117. The lowest BCUT2D eigenvalue weighted by Gasteiger charge is -2.20. The molecule has 0 bridgehead atoms. The normalized spacial score (nSPS) is 13.7. The molecule has 1 aromatic carbocycles. The molecule has 0 atom stereocenters. The van der Waals surface area contributed by atoms with Crippen LogP contribution in [0.2, 0.25) is 0 Å². The Hall–Kier alpha value is -2.54. The zero-order valence-corrected chi connectivity index (χ0v) is 16.4. The fourth-order valence-corrected chi connectivity index (χ4v) is 2.73. The van der Waals surface area contributed by atoms with E-state index in [1.165, 1.54) is 0 Å². The molecule has 0 unspecified atom stereocenters. The predicted octanol–water partition coefficient (Wildman–Crippen LogP) is 3.20. The van der Waals surface area contributed by atoms with E-state index in [1.807, 2.05) is 24.0 Å². The van der Waals surface area contributed by atoms with E-state index in [9.17, 15) is 4.79 Å². The highest BCUT2D eigenvalue weighted by Crippen LogP contribution is 2.32. The maximum Gasteiger partial charge on any atom is 0.238 e. The molecule has 0 spiro atoms. The van der Waals surface area contributed by atoms with Crippen LogP contribution in [0.3, 0.4) is 0 Å². The number of hydrogen-bond acceptors (Lipinski definition) is 6. The minimum atomic E-state index is -0.101. The van der Waals surface area contributed by atoms with Crippen LogP contribution in [0, 0.1) is 0 Å². The summed E-state index contributed by atoms with van der Waals surface area (Å²) in [5.74, 6) is 2.72. The number of nitrogens with zero attached hydrogens (tertiary/aromatic N) is 2. The van der Waals surface area contributed by atoms with Gasteiger partial charge in [-0.1, -0.05) is 27.7 Å². The van der Waals surface area contributed by atoms with Crippen molar-refractivity contribution in [3.05, 3.63) is 36.0 Å². The van der Waals surface area contributed by atoms with Crippen LogP contribution in [0.25, 0.3) is 0 Å². The number of carbonyl (C=O) groups excluding carboxylic acids is 1. The molecule has 3 rings (SSSR count). The number of nitrogens with one attached hydrogen (secondary N) is 1. The van der Waals surface area contributed by atoms with Gasteiger partial charge in [-0.3, -0.25) is 9.69 Å². The van der Waals surface area contributed by atoms with Crippen LogP contribution in [0.5, 0.6) is 11.5 Å². The van der Waals surface area contributed by atoms with Gasteiger partial charge >= 0.3 is 0 Å². The van der Waals surface area contributed by atoms with Gasteiger partial charge in [0.25, 0.3) is 0 Å². The average Bonchev–Trinajstić information content (AvgIpc) is 3.10. The number of carbonyl (C=O) groups is 1. The van der Waals surface area contributed by atoms with Crippen LogP contribution in [-0.4, -0.2) is 42.1 Å². The molecule has 1 aliphatic heterocycles. The van der Waals surface area contributed by atoms with Crippen LogP contribution >= 0.6 is 0 Å². The van der Waals surface area contributed by atoms with Gasteiger partial charge in [0.15, 0.2) is 11.5 Å². The summed E-state index contributed by atoms with van der Waals surface area (Å²) < 4.78 is 16.9. The Morgan fingerprint density at radius 1 is 1.22 bits per heavy atom. The highest BCUT2D eigenvalue weighted by atomic mass is 16.6. The molecule has 7 nitrogen and oxygen atoms in total. The van der Waals surface area contributed by atoms with Gasteiger partial charge in [-0.25, -0.2) is 4.98 Å². The van der Waals surface area contributed by atoms with E-state index in [1.54, 1.807) is 12.3 Å². The van der Waals surface area contributed by atoms with Gasteiger partial charge in [0.2, 0.25) is 11.8 Å². The van der Waals surface area contributed by atoms with Gasteiger partial charge in [-0.05, 0) is 18.7 Å². The van der Waals surface area contributed by atoms with Crippen molar-refractivity contribution in [2.24, 2.45) is 0 Å². The molecule has 1 aromatic heterocycles. The monoisotopic (exact) mass is 373 g/mol. The molecule has 1 amide bonds. The quantitative estimate of drug-likeness (QED) is 0.838. The van der Waals surface area contributed by atoms with Crippen molar-refractivity contribution in [1.29, 1.82) is 0 Å². The van der Waals surface area contributed by atoms with Gasteiger partial charge in [-0.2, -0.15) is 0 Å². The zero-order valence-electron chi connectivity index (χ0n) is 16.4. The van der Waals surface area contributed by atoms with Crippen molar-refractivity contribution in [1.82, 2.24) is 9.88 Å². The minimum Gasteiger partial charge on any atom is -0.486 e. The number of oxazole rings is 1. The third-order valence-electron chi connectivity index (χ3n) is 4.29. The standard InChI is InChI=1S/C20H27N3O4/c1-5-23(13-19-21-11-17(27-19)20(2,3)4)12-18(24)22-14-6-7-15-16(10-14)26-9-8-25-15/h6-7,10-11H,5,8-9,12-13H2,1-4H3,(H,22,24). The topological polar surface area (TPSA) is 76.8 Å². The number of amides is 1. The van der Waals surface area contributed by atoms with E-state index >= 15 is 0 Å². The first-order chi connectivity index (χ1) is 12.8. The maximum absolute atomic E-state index is 12.4. The van der Waals surface area contributed by atoms with Gasteiger partial charge in [0, 0.05) is 17.2 Å². The lowest BCUT2D eigenvalue weighted by atomic mass is 9.94. The predicted molar refractivity (Wildman–Crippen MR) is 102 cm³/mol. The van der Waals surface area contributed by atoms with Crippen LogP contribution in [-0.2, 0) is 16.8 Å². The van der Waals surface area contributed by atoms with Crippen molar-refractivity contribution in [2.75, 3.05) is 31.6 Å². The van der Waals surface area contributed by atoms with E-state index in [-0.39, 0.29) is 17.9 Å². The van der Waals surface area contributed by atoms with Gasteiger partial charge in [-0.15, -0.1) is 0 Å². The molecular weight excluding hydrogens is 346 g/mol. The maximum atomic E-state index is 12.4. The number of likely N-dealkylation sites (N-methyl/N-ethyl adjacent to an activating group) is 1. The van der Waals surface area contributed by atoms with Gasteiger partial charge < -0.3 is 19.2 Å². The SMILES string of the molecule is CCN(CC(=O)Nc1ccc2c(c1)OCCO2)Cc1ncc(C(C)(C)C)o1. The summed E-state index contributed by atoms with van der Waals surface area (Å²) in [6, 6.07) is 5.40. The Balaban J connectivity index is 1.58. The molecule has 2 aromatic rings. The van der Waals surface area contributed by atoms with Crippen molar-refractivity contribution in [3.8, 4) is 11.5 Å². The molecular formula is C20H27N3O4. The molecule has 146 valence electrons. The summed E-state index contributed by atoms with van der Waals surface area (Å²) in [5, 5.41) is 2.90. The fraction of sp³-hybridized carbons (Fsp3) is 0.500. The minimum absolute atomic E-state index is 0.0854. The first-order valence-corrected chi connectivity index (χ1v) is 9.22. The summed E-state index contributed by atoms with van der Waals surface area (Å²) in [6.45, 7) is 10.7. The Kier molecular flexibility index (Phi) is 5.70. The third kappa shape index (κ3) is 5.01. The third-order valence-corrected chi connectivity index (χ3v) is 4.29. The number of ether oxygens (including phenoxy) is 2. The smallest absolute Gasteiger partial charge is 0.238 e. The number of fused-ring (bicyclic) bond motifs is 1. The van der Waals surface area contributed by atoms with Gasteiger partial charge in [0.1, 0.15) is 19.0 Å². The molecule has 27 heavy (non-hydrogen) atoms. The van der Waals surface area contributed by atoms with Crippen molar-refractivity contribution in [3.63, 3.8) is 0 Å². The Bertz CT molecular complexity index is 795. The first kappa shape index (κ1) is 19.2. The second-order valence-electron chi connectivity index (χ2n) is 7.58. The molecule has 2 heterocycles. The van der Waals surface area contributed by atoms with Gasteiger partial charge in [0.05, 0.1) is 19.3 Å². The van der Waals surface area contributed by atoms with E-state index in [0.29, 0.717) is 49.4 Å². The first-order valence-electron chi connectivity index (χ1n) is 9.22. The van der Waals surface area contributed by atoms with Crippen molar-refractivity contribution >= 4 is 11.6 Å². The molecule has 0 aliphatic carbocycles. The average molecular weight is 373 g/mol. The lowest BCUT2D eigenvalue weighted by Crippen LogP contribution is -2.32. The molecule has 1 aliphatic rings. The Morgan fingerprint density at radius 2 is 1.96 bits per heavy atom. The highest BCUT2D eigenvalue weighted by Gasteiger charge is 2.20. The summed E-state index contributed by atoms with van der Waals surface area (Å²) in [4.78, 5) is 18.7. The Morgan fingerprint density at radius 3 is 2.63 bits per heavy atom. The Labute approximate surface area is 159 Å². The van der Waals surface area contributed by atoms with Crippen LogP contribution in [0.15, 0.2) is 28.8 Å². The second kappa shape index (κ2) is 8.00. The number of aromatic nitrogens is 1. The van der Waals surface area contributed by atoms with Crippen molar-refractivity contribution < 1.29 is 18.7 Å². The van der Waals surface area contributed by atoms with Crippen LogP contribution in [0.1, 0.15) is 39.3 Å². The van der Waals surface area contributed by atoms with E-state index in [4.69, 9.17) is 13.9 Å². The van der Waals surface area contributed by atoms with Crippen LogP contribution in [0.4, 0.5) is 5.69 Å². The summed E-state index contributed by atoms with van der Waals surface area (Å²) in [6.07, 6.45) is 1.76. The number of rotatable bonds is 6. The summed E-state index contributed by atoms with van der Waals surface area (Å²) in [5.41, 5.74) is 0.601. The molecule has 0 saturated heterocycles. The number of anilines is 1. The molecule has 1 N–H and O–H groups in total. The molecule has 0 fully saturated rings. The molecule has 0 radical (unpaired) electrons. The fourth-order valence-electron chi connectivity index (χ4n) is 2.73. The van der Waals surface area contributed by atoms with Crippen molar-refractivity contribution in [2.45, 2.75) is 39.7 Å².